The number of benzene rings is 2. The van der Waals surface area contributed by atoms with Crippen molar-refractivity contribution in [1.29, 1.82) is 0 Å². The molecule has 2 aromatic carbocycles. The number of nitrogens with zero attached hydrogens (tertiary/aromatic N) is 1. The Kier molecular flexibility index (Phi) is 9.88. The maximum Gasteiger partial charge on any atom is 0.333 e. The lowest BCUT2D eigenvalue weighted by Crippen LogP contribution is -2.54. The van der Waals surface area contributed by atoms with Crippen molar-refractivity contribution in [3.63, 3.8) is 0 Å². The van der Waals surface area contributed by atoms with Gasteiger partial charge >= 0.3 is 11.9 Å². The summed E-state index contributed by atoms with van der Waals surface area (Å²) >= 11 is 0. The van der Waals surface area contributed by atoms with Crippen LogP contribution in [-0.4, -0.2) is 53.1 Å². The van der Waals surface area contributed by atoms with Crippen molar-refractivity contribution in [3.8, 4) is 0 Å². The van der Waals surface area contributed by atoms with Gasteiger partial charge in [0.25, 0.3) is 0 Å². The Bertz CT molecular complexity index is 953. The molecule has 3 rings (SSSR count). The number of carboxylic acid groups (broad SMARTS) is 1. The van der Waals surface area contributed by atoms with Crippen molar-refractivity contribution < 1.29 is 24.2 Å². The molecule has 33 heavy (non-hydrogen) atoms. The first-order valence-corrected chi connectivity index (χ1v) is 11.0. The standard InChI is InChI=1S/C25H30N2O5.ClH/c1-3-32-25(31)22-20-12-8-7-11-19(20)15-16-27(22)23(28)17(2)26-21(24(29)30)14-13-18-9-5-4-6-10-18;/h4-12,17,21-22,26H,3,13-16H2,1-2H3,(H,29,30);1H/t17-,21-,22-;/m0./s1. The van der Waals surface area contributed by atoms with E-state index in [1.165, 1.54) is 4.90 Å². The quantitative estimate of drug-likeness (QED) is 0.542. The van der Waals surface area contributed by atoms with E-state index in [-0.39, 0.29) is 24.9 Å². The van der Waals surface area contributed by atoms with E-state index < -0.39 is 30.1 Å². The van der Waals surface area contributed by atoms with E-state index in [9.17, 15) is 19.5 Å². The number of nitrogens with one attached hydrogen (secondary N) is 1. The fraction of sp³-hybridized carbons (Fsp3) is 0.400. The Morgan fingerprint density at radius 3 is 2.45 bits per heavy atom. The van der Waals surface area contributed by atoms with Crippen LogP contribution in [0.1, 0.15) is 43.0 Å². The zero-order chi connectivity index (χ0) is 23.1. The molecule has 0 aliphatic carbocycles. The van der Waals surface area contributed by atoms with Gasteiger partial charge < -0.3 is 14.7 Å². The Morgan fingerprint density at radius 1 is 1.12 bits per heavy atom. The molecule has 0 fully saturated rings. The van der Waals surface area contributed by atoms with Crippen LogP contribution in [0.4, 0.5) is 0 Å². The summed E-state index contributed by atoms with van der Waals surface area (Å²) in [6.45, 7) is 3.96. The number of ether oxygens (including phenoxy) is 1. The summed E-state index contributed by atoms with van der Waals surface area (Å²) in [4.78, 5) is 39.4. The molecule has 0 aromatic heterocycles. The first kappa shape index (κ1) is 26.4. The van der Waals surface area contributed by atoms with E-state index in [1.807, 2.05) is 54.6 Å². The average Bonchev–Trinajstić information content (AvgIpc) is 2.80. The number of fused-ring (bicyclic) bond motifs is 1. The first-order valence-electron chi connectivity index (χ1n) is 11.0. The van der Waals surface area contributed by atoms with Crippen molar-refractivity contribution in [1.82, 2.24) is 10.2 Å². The summed E-state index contributed by atoms with van der Waals surface area (Å²) in [6, 6.07) is 14.7. The second-order valence-electron chi connectivity index (χ2n) is 7.94. The molecule has 7 nitrogen and oxygen atoms in total. The van der Waals surface area contributed by atoms with Gasteiger partial charge in [0.2, 0.25) is 5.91 Å². The number of aryl methyl sites for hydroxylation is 1. The van der Waals surface area contributed by atoms with Crippen molar-refractivity contribution in [2.45, 2.75) is 51.2 Å². The Balaban J connectivity index is 0.00000385. The van der Waals surface area contributed by atoms with Crippen LogP contribution in [-0.2, 0) is 32.0 Å². The van der Waals surface area contributed by atoms with Gasteiger partial charge in [-0.05, 0) is 49.8 Å². The van der Waals surface area contributed by atoms with E-state index in [0.717, 1.165) is 16.7 Å². The highest BCUT2D eigenvalue weighted by Gasteiger charge is 2.39. The predicted octanol–water partition coefficient (Wildman–Crippen LogP) is 3.16. The lowest BCUT2D eigenvalue weighted by Gasteiger charge is -2.37. The summed E-state index contributed by atoms with van der Waals surface area (Å²) in [5.41, 5.74) is 2.81. The lowest BCUT2D eigenvalue weighted by molar-refractivity contribution is -0.156. The zero-order valence-electron chi connectivity index (χ0n) is 18.9. The summed E-state index contributed by atoms with van der Waals surface area (Å²) in [7, 11) is 0. The number of carbonyl (C=O) groups excluding carboxylic acids is 2. The number of aliphatic carboxylic acids is 1. The van der Waals surface area contributed by atoms with Crippen LogP contribution in [0.5, 0.6) is 0 Å². The van der Waals surface area contributed by atoms with Gasteiger partial charge in [0, 0.05) is 6.54 Å². The summed E-state index contributed by atoms with van der Waals surface area (Å²) in [6.07, 6.45) is 1.55. The van der Waals surface area contributed by atoms with Gasteiger partial charge in [-0.3, -0.25) is 14.9 Å². The second-order valence-corrected chi connectivity index (χ2v) is 7.94. The molecular weight excluding hydrogens is 444 g/mol. The van der Waals surface area contributed by atoms with Gasteiger partial charge in [0.05, 0.1) is 12.6 Å². The number of halogens is 1. The molecular formula is C25H31ClN2O5. The molecule has 0 unspecified atom stereocenters. The number of carbonyl (C=O) groups is 3. The van der Waals surface area contributed by atoms with Crippen LogP contribution in [0, 0.1) is 0 Å². The molecule has 178 valence electrons. The minimum atomic E-state index is -1.01. The van der Waals surface area contributed by atoms with Crippen LogP contribution in [0.15, 0.2) is 54.6 Å². The molecule has 1 aliphatic rings. The number of esters is 1. The average molecular weight is 475 g/mol. The van der Waals surface area contributed by atoms with Gasteiger partial charge in [-0.2, -0.15) is 0 Å². The van der Waals surface area contributed by atoms with E-state index in [0.29, 0.717) is 25.8 Å². The Labute approximate surface area is 200 Å². The highest BCUT2D eigenvalue weighted by Crippen LogP contribution is 2.31. The summed E-state index contributed by atoms with van der Waals surface area (Å²) < 4.78 is 5.26. The highest BCUT2D eigenvalue weighted by molar-refractivity contribution is 5.89. The largest absolute Gasteiger partial charge is 0.480 e. The number of hydrogen-bond acceptors (Lipinski definition) is 5. The third-order valence-corrected chi connectivity index (χ3v) is 5.76. The Morgan fingerprint density at radius 2 is 1.79 bits per heavy atom. The van der Waals surface area contributed by atoms with E-state index in [2.05, 4.69) is 5.32 Å². The minimum absolute atomic E-state index is 0. The normalized spacial score (nSPS) is 16.7. The van der Waals surface area contributed by atoms with Gasteiger partial charge in [0.1, 0.15) is 6.04 Å². The Hall–Kier alpha value is -2.90. The molecule has 2 N–H and O–H groups in total. The first-order chi connectivity index (χ1) is 15.4. The van der Waals surface area contributed by atoms with Gasteiger partial charge in [-0.25, -0.2) is 4.79 Å². The smallest absolute Gasteiger partial charge is 0.333 e. The SMILES string of the molecule is CCOC(=O)[C@@H]1c2ccccc2CCN1C(=O)[C@H](C)N[C@@H](CCc1ccccc1)C(=O)O.Cl. The zero-order valence-corrected chi connectivity index (χ0v) is 19.7. The molecule has 3 atom stereocenters. The number of hydrogen-bond donors (Lipinski definition) is 2. The number of carboxylic acids is 1. The molecule has 0 bridgehead atoms. The molecule has 1 amide bonds. The molecule has 1 aliphatic heterocycles. The predicted molar refractivity (Wildman–Crippen MR) is 127 cm³/mol. The van der Waals surface area contributed by atoms with Crippen molar-refractivity contribution in [2.75, 3.05) is 13.2 Å². The van der Waals surface area contributed by atoms with Crippen LogP contribution < -0.4 is 5.32 Å². The molecule has 2 aromatic rings. The molecule has 0 radical (unpaired) electrons. The molecule has 0 saturated carbocycles. The van der Waals surface area contributed by atoms with Crippen LogP contribution in [0.25, 0.3) is 0 Å². The summed E-state index contributed by atoms with van der Waals surface area (Å²) in [5.74, 6) is -1.80. The van der Waals surface area contributed by atoms with E-state index >= 15 is 0 Å². The molecule has 1 heterocycles. The topological polar surface area (TPSA) is 95.9 Å². The van der Waals surface area contributed by atoms with Crippen LogP contribution in [0.2, 0.25) is 0 Å². The fourth-order valence-corrected chi connectivity index (χ4v) is 4.13. The van der Waals surface area contributed by atoms with Crippen LogP contribution in [0.3, 0.4) is 0 Å². The van der Waals surface area contributed by atoms with Crippen molar-refractivity contribution in [3.05, 3.63) is 71.3 Å². The van der Waals surface area contributed by atoms with Crippen molar-refractivity contribution >= 4 is 30.3 Å². The molecule has 0 spiro atoms. The fourth-order valence-electron chi connectivity index (χ4n) is 4.13. The highest BCUT2D eigenvalue weighted by atomic mass is 35.5. The van der Waals surface area contributed by atoms with E-state index in [1.54, 1.807) is 13.8 Å². The lowest BCUT2D eigenvalue weighted by atomic mass is 9.92. The molecule has 8 heteroatoms. The van der Waals surface area contributed by atoms with Crippen LogP contribution >= 0.6 is 12.4 Å². The van der Waals surface area contributed by atoms with Gasteiger partial charge in [-0.15, -0.1) is 12.4 Å². The van der Waals surface area contributed by atoms with Crippen molar-refractivity contribution in [2.24, 2.45) is 0 Å². The second kappa shape index (κ2) is 12.4. The third kappa shape index (κ3) is 6.55. The maximum absolute atomic E-state index is 13.3. The van der Waals surface area contributed by atoms with Gasteiger partial charge in [0.15, 0.2) is 6.04 Å². The monoisotopic (exact) mass is 474 g/mol. The minimum Gasteiger partial charge on any atom is -0.480 e. The van der Waals surface area contributed by atoms with Gasteiger partial charge in [-0.1, -0.05) is 54.6 Å². The summed E-state index contributed by atoms with van der Waals surface area (Å²) in [5, 5.41) is 12.6. The maximum atomic E-state index is 13.3. The van der Waals surface area contributed by atoms with E-state index in [4.69, 9.17) is 4.74 Å². The molecule has 0 saturated heterocycles. The number of amides is 1. The number of rotatable bonds is 9. The third-order valence-electron chi connectivity index (χ3n) is 5.76.